The smallest absolute Gasteiger partial charge is 0.228 e. The van der Waals surface area contributed by atoms with E-state index in [1.54, 1.807) is 24.2 Å². The molecular weight excluding hydrogens is 350 g/mol. The van der Waals surface area contributed by atoms with Crippen LogP contribution in [-0.4, -0.2) is 41.3 Å². The van der Waals surface area contributed by atoms with Gasteiger partial charge in [0, 0.05) is 39.0 Å². The molecule has 1 atom stereocenters. The third kappa shape index (κ3) is 4.41. The lowest BCUT2D eigenvalue weighted by Gasteiger charge is -2.29. The quantitative estimate of drug-likeness (QED) is 0.838. The second-order valence-electron chi connectivity index (χ2n) is 8.14. The van der Waals surface area contributed by atoms with E-state index in [2.05, 4.69) is 36.3 Å². The molecule has 5 heteroatoms. The maximum atomic E-state index is 13.2. The maximum Gasteiger partial charge on any atom is 0.228 e. The first kappa shape index (κ1) is 20.1. The standard InChI is InChI=1S/C23H29N3O2/c1-17(2)15-25-22(28)23(10-13-26(16-23)18(3)27)14-20-6-4-5-7-21(20)19-8-11-24-12-9-19/h4-9,11-12,17H,10,13-16H2,1-3H3,(H,25,28). The van der Waals surface area contributed by atoms with Gasteiger partial charge in [0.25, 0.3) is 0 Å². The summed E-state index contributed by atoms with van der Waals surface area (Å²) in [4.78, 5) is 31.1. The minimum atomic E-state index is -0.594. The van der Waals surface area contributed by atoms with Crippen LogP contribution >= 0.6 is 0 Å². The molecule has 5 nitrogen and oxygen atoms in total. The van der Waals surface area contributed by atoms with Crippen LogP contribution in [0.3, 0.4) is 0 Å². The van der Waals surface area contributed by atoms with Crippen molar-refractivity contribution in [2.45, 2.75) is 33.6 Å². The molecule has 1 aromatic heterocycles. The predicted molar refractivity (Wildman–Crippen MR) is 111 cm³/mol. The number of aromatic nitrogens is 1. The van der Waals surface area contributed by atoms with Gasteiger partial charge in [-0.2, -0.15) is 0 Å². The zero-order valence-corrected chi connectivity index (χ0v) is 16.9. The van der Waals surface area contributed by atoms with Crippen molar-refractivity contribution in [2.75, 3.05) is 19.6 Å². The van der Waals surface area contributed by atoms with Crippen LogP contribution in [0, 0.1) is 11.3 Å². The van der Waals surface area contributed by atoms with Gasteiger partial charge in [-0.1, -0.05) is 38.1 Å². The number of rotatable bonds is 6. The molecule has 0 bridgehead atoms. The van der Waals surface area contributed by atoms with E-state index in [0.717, 1.165) is 16.7 Å². The molecule has 1 saturated heterocycles. The highest BCUT2D eigenvalue weighted by atomic mass is 16.2. The lowest BCUT2D eigenvalue weighted by molar-refractivity contribution is -0.132. The number of nitrogens with one attached hydrogen (secondary N) is 1. The molecule has 1 fully saturated rings. The minimum absolute atomic E-state index is 0.0287. The number of amides is 2. The Labute approximate surface area is 167 Å². The molecule has 2 amide bonds. The van der Waals surface area contributed by atoms with Gasteiger partial charge in [-0.05, 0) is 47.6 Å². The second-order valence-corrected chi connectivity index (χ2v) is 8.14. The summed E-state index contributed by atoms with van der Waals surface area (Å²) in [5.74, 6) is 0.464. The van der Waals surface area contributed by atoms with E-state index in [1.165, 1.54) is 0 Å². The van der Waals surface area contributed by atoms with Crippen molar-refractivity contribution < 1.29 is 9.59 Å². The molecule has 2 heterocycles. The lowest BCUT2D eigenvalue weighted by atomic mass is 9.78. The molecule has 1 aliphatic heterocycles. The molecule has 1 N–H and O–H groups in total. The summed E-state index contributed by atoms with van der Waals surface area (Å²) < 4.78 is 0. The highest BCUT2D eigenvalue weighted by molar-refractivity contribution is 5.85. The molecule has 1 unspecified atom stereocenters. The van der Waals surface area contributed by atoms with Crippen molar-refractivity contribution in [3.05, 3.63) is 54.4 Å². The Morgan fingerprint density at radius 2 is 1.89 bits per heavy atom. The molecule has 3 rings (SSSR count). The monoisotopic (exact) mass is 379 g/mol. The summed E-state index contributed by atoms with van der Waals surface area (Å²) >= 11 is 0. The van der Waals surface area contributed by atoms with Gasteiger partial charge in [0.05, 0.1) is 5.41 Å². The van der Waals surface area contributed by atoms with Crippen LogP contribution in [0.1, 0.15) is 32.8 Å². The van der Waals surface area contributed by atoms with E-state index in [0.29, 0.717) is 38.4 Å². The van der Waals surface area contributed by atoms with Crippen LogP contribution in [0.4, 0.5) is 0 Å². The molecule has 2 aromatic rings. The largest absolute Gasteiger partial charge is 0.355 e. The molecule has 28 heavy (non-hydrogen) atoms. The fourth-order valence-electron chi connectivity index (χ4n) is 3.89. The molecular formula is C23H29N3O2. The number of nitrogens with zero attached hydrogens (tertiary/aromatic N) is 2. The Hall–Kier alpha value is -2.69. The van der Waals surface area contributed by atoms with Gasteiger partial charge in [-0.3, -0.25) is 14.6 Å². The fourth-order valence-corrected chi connectivity index (χ4v) is 3.89. The van der Waals surface area contributed by atoms with Crippen LogP contribution in [0.25, 0.3) is 11.1 Å². The third-order valence-electron chi connectivity index (χ3n) is 5.49. The Bertz CT molecular complexity index is 835. The number of pyridine rings is 1. The minimum Gasteiger partial charge on any atom is -0.355 e. The van der Waals surface area contributed by atoms with Crippen LogP contribution in [-0.2, 0) is 16.0 Å². The summed E-state index contributed by atoms with van der Waals surface area (Å²) in [7, 11) is 0. The van der Waals surface area contributed by atoms with E-state index < -0.39 is 5.41 Å². The number of carbonyl (C=O) groups is 2. The Kier molecular flexibility index (Phi) is 6.12. The number of carbonyl (C=O) groups excluding carboxylic acids is 2. The number of hydrogen-bond donors (Lipinski definition) is 1. The van der Waals surface area contributed by atoms with Gasteiger partial charge < -0.3 is 10.2 Å². The van der Waals surface area contributed by atoms with Crippen LogP contribution in [0.2, 0.25) is 0 Å². The normalized spacial score (nSPS) is 19.1. The first-order valence-corrected chi connectivity index (χ1v) is 9.93. The van der Waals surface area contributed by atoms with Crippen molar-refractivity contribution in [3.8, 4) is 11.1 Å². The number of likely N-dealkylation sites (tertiary alicyclic amines) is 1. The highest BCUT2D eigenvalue weighted by Crippen LogP contribution is 2.37. The first-order valence-electron chi connectivity index (χ1n) is 9.93. The zero-order chi connectivity index (χ0) is 20.1. The predicted octanol–water partition coefficient (Wildman–Crippen LogP) is 3.30. The Balaban J connectivity index is 1.93. The van der Waals surface area contributed by atoms with Crippen molar-refractivity contribution in [1.82, 2.24) is 15.2 Å². The van der Waals surface area contributed by atoms with E-state index in [1.807, 2.05) is 24.3 Å². The first-order chi connectivity index (χ1) is 13.4. The van der Waals surface area contributed by atoms with Gasteiger partial charge in [-0.15, -0.1) is 0 Å². The third-order valence-corrected chi connectivity index (χ3v) is 5.49. The second kappa shape index (κ2) is 8.55. The SMILES string of the molecule is CC(=O)N1CCC(Cc2ccccc2-c2ccncc2)(C(=O)NCC(C)C)C1. The van der Waals surface area contributed by atoms with Crippen molar-refractivity contribution >= 4 is 11.8 Å². The fraction of sp³-hybridized carbons (Fsp3) is 0.435. The van der Waals surface area contributed by atoms with E-state index in [-0.39, 0.29) is 11.8 Å². The van der Waals surface area contributed by atoms with Gasteiger partial charge in [0.2, 0.25) is 11.8 Å². The Morgan fingerprint density at radius 1 is 1.18 bits per heavy atom. The van der Waals surface area contributed by atoms with Crippen molar-refractivity contribution in [3.63, 3.8) is 0 Å². The van der Waals surface area contributed by atoms with Gasteiger partial charge in [-0.25, -0.2) is 0 Å². The summed E-state index contributed by atoms with van der Waals surface area (Å²) in [6, 6.07) is 12.2. The van der Waals surface area contributed by atoms with Crippen molar-refractivity contribution in [2.24, 2.45) is 11.3 Å². The summed E-state index contributed by atoms with van der Waals surface area (Å²) in [6.07, 6.45) is 4.86. The average Bonchev–Trinajstić information content (AvgIpc) is 3.13. The van der Waals surface area contributed by atoms with Crippen LogP contribution < -0.4 is 5.32 Å². The summed E-state index contributed by atoms with van der Waals surface area (Å²) in [5, 5.41) is 3.12. The zero-order valence-electron chi connectivity index (χ0n) is 16.9. The van der Waals surface area contributed by atoms with E-state index >= 15 is 0 Å². The molecule has 1 aliphatic rings. The Morgan fingerprint density at radius 3 is 2.54 bits per heavy atom. The maximum absolute atomic E-state index is 13.2. The molecule has 0 aliphatic carbocycles. The average molecular weight is 380 g/mol. The van der Waals surface area contributed by atoms with E-state index in [9.17, 15) is 9.59 Å². The van der Waals surface area contributed by atoms with Gasteiger partial charge in [0.15, 0.2) is 0 Å². The molecule has 1 aromatic carbocycles. The summed E-state index contributed by atoms with van der Waals surface area (Å²) in [5.41, 5.74) is 2.73. The van der Waals surface area contributed by atoms with Gasteiger partial charge in [0.1, 0.15) is 0 Å². The molecule has 0 saturated carbocycles. The topological polar surface area (TPSA) is 62.3 Å². The molecule has 0 spiro atoms. The van der Waals surface area contributed by atoms with Gasteiger partial charge >= 0.3 is 0 Å². The highest BCUT2D eigenvalue weighted by Gasteiger charge is 2.45. The van der Waals surface area contributed by atoms with Crippen LogP contribution in [0.15, 0.2) is 48.8 Å². The number of benzene rings is 1. The summed E-state index contributed by atoms with van der Waals surface area (Å²) in [6.45, 7) is 7.49. The van der Waals surface area contributed by atoms with E-state index in [4.69, 9.17) is 0 Å². The van der Waals surface area contributed by atoms with Crippen LogP contribution in [0.5, 0.6) is 0 Å². The lowest BCUT2D eigenvalue weighted by Crippen LogP contribution is -2.46. The number of hydrogen-bond acceptors (Lipinski definition) is 3. The molecule has 148 valence electrons. The van der Waals surface area contributed by atoms with Crippen molar-refractivity contribution in [1.29, 1.82) is 0 Å². The molecule has 0 radical (unpaired) electrons.